The van der Waals surface area contributed by atoms with Crippen molar-refractivity contribution in [2.75, 3.05) is 4.90 Å². The van der Waals surface area contributed by atoms with Crippen molar-refractivity contribution in [3.63, 3.8) is 0 Å². The zero-order valence-corrected chi connectivity index (χ0v) is 17.6. The molecule has 6 heteroatoms. The minimum Gasteiger partial charge on any atom is -0.302 e. The number of halogens is 2. The molecule has 0 N–H and O–H groups in total. The summed E-state index contributed by atoms with van der Waals surface area (Å²) >= 11 is 12.6. The molecule has 1 aliphatic heterocycles. The second-order valence-electron chi connectivity index (χ2n) is 8.23. The highest BCUT2D eigenvalue weighted by Crippen LogP contribution is 2.63. The van der Waals surface area contributed by atoms with E-state index in [1.165, 1.54) is 0 Å². The standard InChI is InChI=1S/C25H15Cl2NO3/c26-17-10-5-11-18(22(17)27)28-23(30)20-19-13-6-1-3-8-15(13)25(12-29,21(20)24(28)31)16-9-4-2-7-14(16)19/h1-12,19-21H/t19?,20-,21+,25?/m1/s1. The van der Waals surface area contributed by atoms with Gasteiger partial charge in [-0.15, -0.1) is 0 Å². The van der Waals surface area contributed by atoms with Gasteiger partial charge in [0.05, 0.1) is 33.0 Å². The Bertz CT molecular complexity index is 1270. The normalized spacial score (nSPS) is 27.7. The number of benzene rings is 3. The molecule has 0 saturated carbocycles. The SMILES string of the molecule is O=CC12c3ccccc3C(c3ccccc31)[C@H]1C(=O)N(c3cccc(Cl)c3Cl)C(=O)[C@H]12. The Kier molecular flexibility index (Phi) is 3.81. The summed E-state index contributed by atoms with van der Waals surface area (Å²) in [6, 6.07) is 20.1. The zero-order chi connectivity index (χ0) is 21.5. The molecule has 31 heavy (non-hydrogen) atoms. The fourth-order valence-corrected chi connectivity index (χ4v) is 6.31. The summed E-state index contributed by atoms with van der Waals surface area (Å²) in [7, 11) is 0. The molecule has 3 aromatic carbocycles. The molecule has 3 aliphatic carbocycles. The summed E-state index contributed by atoms with van der Waals surface area (Å²) in [5, 5.41) is 0.404. The van der Waals surface area contributed by atoms with Gasteiger partial charge >= 0.3 is 0 Å². The van der Waals surface area contributed by atoms with Crippen molar-refractivity contribution in [2.24, 2.45) is 11.8 Å². The van der Waals surface area contributed by atoms with Gasteiger partial charge in [-0.1, -0.05) is 77.8 Å². The maximum Gasteiger partial charge on any atom is 0.239 e. The number of amides is 2. The van der Waals surface area contributed by atoms with E-state index >= 15 is 0 Å². The molecule has 1 saturated heterocycles. The number of carbonyl (C=O) groups excluding carboxylic acids is 3. The average molecular weight is 448 g/mol. The quantitative estimate of drug-likeness (QED) is 0.420. The molecule has 2 bridgehead atoms. The highest BCUT2D eigenvalue weighted by molar-refractivity contribution is 6.45. The molecular weight excluding hydrogens is 433 g/mol. The van der Waals surface area contributed by atoms with Gasteiger partial charge in [-0.25, -0.2) is 4.90 Å². The minimum absolute atomic E-state index is 0.145. The van der Waals surface area contributed by atoms with Crippen molar-refractivity contribution in [3.8, 4) is 0 Å². The van der Waals surface area contributed by atoms with E-state index in [0.29, 0.717) is 0 Å². The van der Waals surface area contributed by atoms with Crippen LogP contribution in [0.25, 0.3) is 0 Å². The van der Waals surface area contributed by atoms with Gasteiger partial charge in [0.1, 0.15) is 6.29 Å². The number of nitrogens with zero attached hydrogens (tertiary/aromatic N) is 1. The zero-order valence-electron chi connectivity index (χ0n) is 16.1. The van der Waals surface area contributed by atoms with Gasteiger partial charge in [0, 0.05) is 5.92 Å². The second kappa shape index (κ2) is 6.28. The van der Waals surface area contributed by atoms with E-state index in [4.69, 9.17) is 23.2 Å². The van der Waals surface area contributed by atoms with Crippen LogP contribution in [0.3, 0.4) is 0 Å². The van der Waals surface area contributed by atoms with E-state index in [9.17, 15) is 14.4 Å². The fourth-order valence-electron chi connectivity index (χ4n) is 5.93. The predicted octanol–water partition coefficient (Wildman–Crippen LogP) is 4.74. The summed E-state index contributed by atoms with van der Waals surface area (Å²) in [5.41, 5.74) is 2.49. The van der Waals surface area contributed by atoms with Crippen LogP contribution in [0.5, 0.6) is 0 Å². The third-order valence-electron chi connectivity index (χ3n) is 7.04. The highest BCUT2D eigenvalue weighted by Gasteiger charge is 2.68. The summed E-state index contributed by atoms with van der Waals surface area (Å²) in [6.45, 7) is 0. The van der Waals surface area contributed by atoms with Gasteiger partial charge in [0.15, 0.2) is 0 Å². The van der Waals surface area contributed by atoms with Gasteiger partial charge < -0.3 is 4.79 Å². The highest BCUT2D eigenvalue weighted by atomic mass is 35.5. The maximum atomic E-state index is 13.8. The van der Waals surface area contributed by atoms with Gasteiger partial charge in [-0.2, -0.15) is 0 Å². The molecule has 2 atom stereocenters. The first-order valence-electron chi connectivity index (χ1n) is 9.99. The molecule has 0 radical (unpaired) electrons. The number of aldehydes is 1. The van der Waals surface area contributed by atoms with Crippen LogP contribution in [-0.2, 0) is 19.8 Å². The third-order valence-corrected chi connectivity index (χ3v) is 7.85. The Morgan fingerprint density at radius 2 is 1.42 bits per heavy atom. The predicted molar refractivity (Wildman–Crippen MR) is 118 cm³/mol. The Balaban J connectivity index is 1.66. The monoisotopic (exact) mass is 447 g/mol. The number of anilines is 1. The lowest BCUT2D eigenvalue weighted by Gasteiger charge is -2.51. The summed E-state index contributed by atoms with van der Waals surface area (Å²) in [6.07, 6.45) is 0.853. The van der Waals surface area contributed by atoms with E-state index in [0.717, 1.165) is 33.4 Å². The van der Waals surface area contributed by atoms with E-state index in [2.05, 4.69) is 0 Å². The third kappa shape index (κ3) is 2.09. The van der Waals surface area contributed by atoms with E-state index in [-0.39, 0.29) is 27.6 Å². The number of rotatable bonds is 2. The largest absolute Gasteiger partial charge is 0.302 e. The van der Waals surface area contributed by atoms with Gasteiger partial charge in [0.25, 0.3) is 0 Å². The van der Waals surface area contributed by atoms with Crippen molar-refractivity contribution in [2.45, 2.75) is 11.3 Å². The number of carbonyl (C=O) groups is 3. The fraction of sp³-hybridized carbons (Fsp3) is 0.160. The molecule has 0 aromatic heterocycles. The van der Waals surface area contributed by atoms with Gasteiger partial charge in [-0.3, -0.25) is 9.59 Å². The smallest absolute Gasteiger partial charge is 0.239 e. The Labute approximate surface area is 188 Å². The molecule has 0 unspecified atom stereocenters. The van der Waals surface area contributed by atoms with Crippen LogP contribution in [0.2, 0.25) is 10.0 Å². The molecule has 4 nitrogen and oxygen atoms in total. The first-order valence-corrected chi connectivity index (χ1v) is 10.7. The Morgan fingerprint density at radius 3 is 2.03 bits per heavy atom. The molecule has 0 spiro atoms. The lowest BCUT2D eigenvalue weighted by atomic mass is 9.48. The van der Waals surface area contributed by atoms with Crippen LogP contribution in [0.1, 0.15) is 28.2 Å². The van der Waals surface area contributed by atoms with Crippen LogP contribution in [0.4, 0.5) is 5.69 Å². The Hall–Kier alpha value is -2.95. The molecule has 1 heterocycles. The molecule has 2 amide bonds. The van der Waals surface area contributed by atoms with Crippen LogP contribution < -0.4 is 4.90 Å². The van der Waals surface area contributed by atoms with Crippen LogP contribution >= 0.6 is 23.2 Å². The summed E-state index contributed by atoms with van der Waals surface area (Å²) in [4.78, 5) is 41.6. The van der Waals surface area contributed by atoms with Crippen LogP contribution in [0, 0.1) is 11.8 Å². The van der Waals surface area contributed by atoms with Crippen LogP contribution in [-0.4, -0.2) is 18.1 Å². The topological polar surface area (TPSA) is 54.5 Å². The van der Waals surface area contributed by atoms with Crippen molar-refractivity contribution in [1.29, 1.82) is 0 Å². The average Bonchev–Trinajstić information content (AvgIpc) is 3.07. The number of imide groups is 1. The first kappa shape index (κ1) is 18.8. The van der Waals surface area contributed by atoms with E-state index < -0.39 is 23.2 Å². The van der Waals surface area contributed by atoms with Crippen molar-refractivity contribution >= 4 is 47.0 Å². The van der Waals surface area contributed by atoms with E-state index in [1.807, 2.05) is 48.5 Å². The lowest BCUT2D eigenvalue weighted by molar-refractivity contribution is -0.128. The molecule has 4 aliphatic rings. The number of hydrogen-bond acceptors (Lipinski definition) is 3. The molecule has 152 valence electrons. The van der Waals surface area contributed by atoms with Crippen molar-refractivity contribution < 1.29 is 14.4 Å². The Morgan fingerprint density at radius 1 is 0.806 bits per heavy atom. The maximum absolute atomic E-state index is 13.8. The van der Waals surface area contributed by atoms with Crippen molar-refractivity contribution in [1.82, 2.24) is 0 Å². The lowest BCUT2D eigenvalue weighted by Crippen LogP contribution is -2.54. The van der Waals surface area contributed by atoms with Crippen LogP contribution in [0.15, 0.2) is 66.7 Å². The molecule has 7 rings (SSSR count). The summed E-state index contributed by atoms with van der Waals surface area (Å²) in [5.74, 6) is -2.58. The molecule has 3 aromatic rings. The molecular formula is C25H15Cl2NO3. The summed E-state index contributed by atoms with van der Waals surface area (Å²) < 4.78 is 0. The minimum atomic E-state index is -1.22. The van der Waals surface area contributed by atoms with Gasteiger partial charge in [0.2, 0.25) is 11.8 Å². The first-order chi connectivity index (χ1) is 15.0. The second-order valence-corrected chi connectivity index (χ2v) is 9.01. The molecule has 1 fully saturated rings. The van der Waals surface area contributed by atoms with Crippen molar-refractivity contribution in [3.05, 3.63) is 99.0 Å². The van der Waals surface area contributed by atoms with E-state index in [1.54, 1.807) is 18.2 Å². The van der Waals surface area contributed by atoms with Gasteiger partial charge in [-0.05, 0) is 34.4 Å². The number of hydrogen-bond donors (Lipinski definition) is 0.